The Morgan fingerprint density at radius 1 is 0.932 bits per heavy atom. The lowest BCUT2D eigenvalue weighted by Gasteiger charge is -2.71. The van der Waals surface area contributed by atoms with Crippen LogP contribution in [0.1, 0.15) is 132 Å². The number of carbonyl (C=O) groups excluding carboxylic acids is 1. The molecule has 5 aliphatic rings. The predicted octanol–water partition coefficient (Wildman–Crippen LogP) is 11.1. The first-order valence-electron chi connectivity index (χ1n) is 23.0. The van der Waals surface area contributed by atoms with Gasteiger partial charge in [0.1, 0.15) is 6.61 Å². The zero-order valence-corrected chi connectivity index (χ0v) is 39.0. The molecule has 4 aliphatic carbocycles. The molecule has 0 spiro atoms. The summed E-state index contributed by atoms with van der Waals surface area (Å²) < 4.78 is 50.8. The number of allylic oxidation sites excluding steroid dienone is 1. The summed E-state index contributed by atoms with van der Waals surface area (Å²) in [5.41, 5.74) is 2.06. The summed E-state index contributed by atoms with van der Waals surface area (Å²) in [4.78, 5) is 15.1. The average Bonchev–Trinajstić information content (AvgIpc) is 3.20. The number of hydrogen-bond acceptors (Lipinski definition) is 6. The third kappa shape index (κ3) is 7.20. The standard InChI is InChI=1S/C51H75NO6S/c1-12-50(13-2,52-59(54,55)39-21-19-35(5)20-22-39)32-58-44-36(6)29-51-33-56-31-47(44,9)42(51)24-23-40-41(51)25-26-49(11)43(45(53)57-30-38-17-15-14-16-18-38)46(8,37(7)34(3)4)27-28-48(40,49)10/h14-22,25,34,36-37,40,42-44,52H,12-13,23-24,26-33H2,1-11H3/t36-,37-,40+,42+,43-,44+,46-,47-,48-,49+,51+/m1/s1. The van der Waals surface area contributed by atoms with Crippen LogP contribution in [0.25, 0.3) is 0 Å². The number of fused-ring (bicyclic) bond motifs is 3. The Morgan fingerprint density at radius 2 is 1.61 bits per heavy atom. The Balaban J connectivity index is 1.18. The van der Waals surface area contributed by atoms with Gasteiger partial charge in [-0.05, 0) is 122 Å². The van der Waals surface area contributed by atoms with Crippen molar-refractivity contribution in [3.05, 3.63) is 77.4 Å². The van der Waals surface area contributed by atoms with Gasteiger partial charge in [0, 0.05) is 10.8 Å². The summed E-state index contributed by atoms with van der Waals surface area (Å²) in [5.74, 6) is 1.56. The number of benzene rings is 2. The van der Waals surface area contributed by atoms with Gasteiger partial charge in [-0.3, -0.25) is 4.79 Å². The van der Waals surface area contributed by atoms with E-state index in [4.69, 9.17) is 14.2 Å². The van der Waals surface area contributed by atoms with Crippen molar-refractivity contribution < 1.29 is 27.4 Å². The van der Waals surface area contributed by atoms with Gasteiger partial charge in [0.25, 0.3) is 0 Å². The van der Waals surface area contributed by atoms with Crippen molar-refractivity contribution in [2.24, 2.45) is 62.6 Å². The molecule has 1 N–H and O–H groups in total. The molecule has 11 atom stereocenters. The molecular weight excluding hydrogens is 755 g/mol. The van der Waals surface area contributed by atoms with Crippen LogP contribution in [-0.2, 0) is 35.6 Å². The van der Waals surface area contributed by atoms with Crippen LogP contribution in [0, 0.1) is 69.5 Å². The Labute approximate surface area is 357 Å². The molecule has 1 heterocycles. The topological polar surface area (TPSA) is 90.9 Å². The molecule has 59 heavy (non-hydrogen) atoms. The Morgan fingerprint density at radius 3 is 2.25 bits per heavy atom. The minimum atomic E-state index is -3.74. The molecule has 7 rings (SSSR count). The van der Waals surface area contributed by atoms with E-state index in [0.29, 0.717) is 56.3 Å². The highest BCUT2D eigenvalue weighted by Gasteiger charge is 2.71. The molecule has 2 bridgehead atoms. The van der Waals surface area contributed by atoms with Crippen LogP contribution in [0.2, 0.25) is 0 Å². The quantitative estimate of drug-likeness (QED) is 0.160. The van der Waals surface area contributed by atoms with Gasteiger partial charge in [0.2, 0.25) is 10.0 Å². The smallest absolute Gasteiger partial charge is 0.310 e. The van der Waals surface area contributed by atoms with Crippen LogP contribution in [-0.4, -0.2) is 45.9 Å². The molecule has 7 nitrogen and oxygen atoms in total. The molecule has 0 amide bonds. The first-order valence-corrected chi connectivity index (χ1v) is 24.5. The number of sulfonamides is 1. The van der Waals surface area contributed by atoms with Gasteiger partial charge in [-0.2, -0.15) is 0 Å². The van der Waals surface area contributed by atoms with Crippen LogP contribution < -0.4 is 4.72 Å². The molecular formula is C51H75NO6S. The van der Waals surface area contributed by atoms with E-state index in [1.54, 1.807) is 17.7 Å². The molecule has 326 valence electrons. The van der Waals surface area contributed by atoms with Crippen molar-refractivity contribution in [2.75, 3.05) is 19.8 Å². The molecule has 0 aromatic heterocycles. The maximum atomic E-state index is 14.8. The fourth-order valence-electron chi connectivity index (χ4n) is 14.1. The molecule has 2 aromatic carbocycles. The van der Waals surface area contributed by atoms with Gasteiger partial charge in [0.15, 0.2) is 0 Å². The van der Waals surface area contributed by atoms with Crippen LogP contribution in [0.15, 0.2) is 71.1 Å². The molecule has 0 unspecified atom stereocenters. The van der Waals surface area contributed by atoms with Gasteiger partial charge in [0.05, 0.1) is 42.3 Å². The van der Waals surface area contributed by atoms with Crippen molar-refractivity contribution in [2.45, 2.75) is 151 Å². The van der Waals surface area contributed by atoms with Crippen molar-refractivity contribution in [1.82, 2.24) is 4.72 Å². The van der Waals surface area contributed by atoms with Gasteiger partial charge in [-0.15, -0.1) is 0 Å². The largest absolute Gasteiger partial charge is 0.461 e. The molecule has 0 radical (unpaired) electrons. The van der Waals surface area contributed by atoms with Crippen LogP contribution in [0.5, 0.6) is 0 Å². The van der Waals surface area contributed by atoms with E-state index in [1.165, 1.54) is 0 Å². The number of ether oxygens (including phenoxy) is 3. The maximum Gasteiger partial charge on any atom is 0.310 e. The number of rotatable bonds is 13. The molecule has 1 saturated heterocycles. The lowest BCUT2D eigenvalue weighted by molar-refractivity contribution is -0.253. The average molecular weight is 830 g/mol. The number of carbonyl (C=O) groups is 1. The molecule has 8 heteroatoms. The molecule has 2 aromatic rings. The third-order valence-corrected chi connectivity index (χ3v) is 19.8. The highest BCUT2D eigenvalue weighted by atomic mass is 32.2. The van der Waals surface area contributed by atoms with E-state index in [-0.39, 0.29) is 55.9 Å². The SMILES string of the molecule is CCC(CC)(CO[C@H]1[C@H](C)C[C@@]23COC[C@]1(C)[C@@H]2CC[C@H]1C3=CC[C@@]2(C)[C@H](C(=O)OCc3ccccc3)[C@@](C)([C@H](C)C(C)C)CC[C@]12C)NS(=O)(=O)c1ccc(C)cc1. The van der Waals surface area contributed by atoms with E-state index in [0.717, 1.165) is 56.3 Å². The van der Waals surface area contributed by atoms with Gasteiger partial charge >= 0.3 is 5.97 Å². The van der Waals surface area contributed by atoms with Crippen molar-refractivity contribution in [3.63, 3.8) is 0 Å². The Kier molecular flexibility index (Phi) is 12.1. The first-order chi connectivity index (χ1) is 27.8. The van der Waals surface area contributed by atoms with E-state index in [9.17, 15) is 13.2 Å². The summed E-state index contributed by atoms with van der Waals surface area (Å²) in [6, 6.07) is 17.2. The fraction of sp³-hybridized carbons (Fsp3) is 0.706. The summed E-state index contributed by atoms with van der Waals surface area (Å²) in [6.45, 7) is 27.2. The van der Waals surface area contributed by atoms with E-state index in [2.05, 4.69) is 80.0 Å². The van der Waals surface area contributed by atoms with E-state index >= 15 is 0 Å². The van der Waals surface area contributed by atoms with E-state index in [1.807, 2.05) is 49.4 Å². The lowest BCUT2D eigenvalue weighted by atomic mass is 9.34. The normalized spacial score (nSPS) is 37.4. The molecule has 3 saturated carbocycles. The second kappa shape index (κ2) is 16.0. The van der Waals surface area contributed by atoms with Crippen LogP contribution in [0.4, 0.5) is 0 Å². The van der Waals surface area contributed by atoms with Crippen LogP contribution in [0.3, 0.4) is 0 Å². The summed E-state index contributed by atoms with van der Waals surface area (Å²) in [7, 11) is -3.74. The first kappa shape index (κ1) is 44.5. The highest BCUT2D eigenvalue weighted by Crippen LogP contribution is 2.75. The summed E-state index contributed by atoms with van der Waals surface area (Å²) in [6.07, 6.45) is 9.91. The maximum absolute atomic E-state index is 14.8. The summed E-state index contributed by atoms with van der Waals surface area (Å²) in [5, 5.41) is 0. The zero-order valence-electron chi connectivity index (χ0n) is 38.2. The fourth-order valence-corrected chi connectivity index (χ4v) is 15.6. The van der Waals surface area contributed by atoms with Crippen molar-refractivity contribution >= 4 is 16.0 Å². The van der Waals surface area contributed by atoms with Crippen molar-refractivity contribution in [3.8, 4) is 0 Å². The molecule has 4 fully saturated rings. The number of esters is 1. The summed E-state index contributed by atoms with van der Waals surface area (Å²) >= 11 is 0. The Hall–Kier alpha value is -2.52. The number of nitrogens with one attached hydrogen (secondary N) is 1. The second-order valence-electron chi connectivity index (χ2n) is 21.4. The minimum absolute atomic E-state index is 0.0304. The van der Waals surface area contributed by atoms with Gasteiger partial charge in [-0.25, -0.2) is 13.1 Å². The number of aryl methyl sites for hydroxylation is 1. The third-order valence-electron chi connectivity index (χ3n) is 18.2. The minimum Gasteiger partial charge on any atom is -0.461 e. The monoisotopic (exact) mass is 830 g/mol. The van der Waals surface area contributed by atoms with Gasteiger partial charge < -0.3 is 14.2 Å². The van der Waals surface area contributed by atoms with Gasteiger partial charge in [-0.1, -0.05) is 129 Å². The number of hydrogen-bond donors (Lipinski definition) is 1. The lowest BCUT2D eigenvalue weighted by Crippen LogP contribution is -2.69. The highest BCUT2D eigenvalue weighted by molar-refractivity contribution is 7.89. The molecule has 1 aliphatic heterocycles. The zero-order chi connectivity index (χ0) is 42.8. The second-order valence-corrected chi connectivity index (χ2v) is 23.1. The van der Waals surface area contributed by atoms with Crippen molar-refractivity contribution in [1.29, 1.82) is 0 Å². The van der Waals surface area contributed by atoms with Crippen LogP contribution >= 0.6 is 0 Å². The Bertz CT molecular complexity index is 1980. The van der Waals surface area contributed by atoms with E-state index < -0.39 is 15.6 Å². The predicted molar refractivity (Wildman–Crippen MR) is 236 cm³/mol.